The van der Waals surface area contributed by atoms with Crippen LogP contribution in [-0.4, -0.2) is 58.2 Å². The number of aliphatic imine (C=N–C) groups is 1. The van der Waals surface area contributed by atoms with E-state index in [2.05, 4.69) is 34.5 Å². The van der Waals surface area contributed by atoms with Crippen molar-refractivity contribution in [3.05, 3.63) is 29.8 Å². The highest BCUT2D eigenvalue weighted by atomic mass is 32.2. The number of fused-ring (bicyclic) bond motifs is 1. The molecule has 1 N–H and O–H groups in total. The number of benzene rings is 1. The molecule has 0 spiro atoms. The van der Waals surface area contributed by atoms with Crippen LogP contribution in [0.2, 0.25) is 0 Å². The molecule has 1 aromatic rings. The average molecular weight is 392 g/mol. The zero-order valence-corrected chi connectivity index (χ0v) is 16.6. The summed E-state index contributed by atoms with van der Waals surface area (Å²) in [5, 5.41) is 3.52. The summed E-state index contributed by atoms with van der Waals surface area (Å²) in [6.07, 6.45) is 5.40. The molecule has 2 saturated heterocycles. The molecule has 0 amide bonds. The van der Waals surface area contributed by atoms with Gasteiger partial charge in [0.25, 0.3) is 0 Å². The summed E-state index contributed by atoms with van der Waals surface area (Å²) < 4.78 is 29.3. The van der Waals surface area contributed by atoms with E-state index < -0.39 is 9.84 Å². The lowest BCUT2D eigenvalue weighted by Crippen LogP contribution is -2.45. The Morgan fingerprint density at radius 1 is 1.26 bits per heavy atom. The van der Waals surface area contributed by atoms with Crippen molar-refractivity contribution < 1.29 is 13.2 Å². The van der Waals surface area contributed by atoms with Gasteiger partial charge in [0.2, 0.25) is 0 Å². The molecule has 4 rings (SSSR count). The molecule has 0 radical (unpaired) electrons. The Bertz CT molecular complexity index is 787. The predicted molar refractivity (Wildman–Crippen MR) is 108 cm³/mol. The summed E-state index contributed by atoms with van der Waals surface area (Å²) in [5.74, 6) is 1.57. The molecule has 2 fully saturated rings. The van der Waals surface area contributed by atoms with Crippen LogP contribution in [-0.2, 0) is 21.0 Å². The molecule has 148 valence electrons. The van der Waals surface area contributed by atoms with Gasteiger partial charge in [-0.3, -0.25) is 4.99 Å². The maximum absolute atomic E-state index is 11.7. The first-order valence-electron chi connectivity index (χ1n) is 10.1. The zero-order valence-electron chi connectivity index (χ0n) is 15.8. The topological polar surface area (TPSA) is 71.0 Å². The Kier molecular flexibility index (Phi) is 5.68. The number of sulfone groups is 1. The molecular weight excluding hydrogens is 362 g/mol. The van der Waals surface area contributed by atoms with Gasteiger partial charge in [0.05, 0.1) is 17.6 Å². The van der Waals surface area contributed by atoms with Gasteiger partial charge >= 0.3 is 0 Å². The Morgan fingerprint density at radius 2 is 2.15 bits per heavy atom. The minimum atomic E-state index is -2.86. The molecule has 6 nitrogen and oxygen atoms in total. The molecule has 2 atom stereocenters. The highest BCUT2D eigenvalue weighted by molar-refractivity contribution is 7.91. The Hall–Kier alpha value is -1.60. The van der Waals surface area contributed by atoms with Crippen LogP contribution < -0.4 is 10.2 Å². The van der Waals surface area contributed by atoms with Gasteiger partial charge in [0.1, 0.15) is 0 Å². The summed E-state index contributed by atoms with van der Waals surface area (Å²) in [5.41, 5.74) is 2.54. The maximum Gasteiger partial charge on any atom is 0.198 e. The summed E-state index contributed by atoms with van der Waals surface area (Å²) in [7, 11) is -2.86. The number of hydrogen-bond acceptors (Lipinski definition) is 4. The molecule has 3 aliphatic heterocycles. The normalized spacial score (nSPS) is 27.6. The van der Waals surface area contributed by atoms with Crippen molar-refractivity contribution in [1.29, 1.82) is 0 Å². The third-order valence-electron chi connectivity index (χ3n) is 5.73. The molecule has 0 aromatic heterocycles. The number of rotatable bonds is 4. The largest absolute Gasteiger partial charge is 0.376 e. The van der Waals surface area contributed by atoms with Gasteiger partial charge in [-0.25, -0.2) is 8.42 Å². The van der Waals surface area contributed by atoms with Gasteiger partial charge < -0.3 is 15.0 Å². The van der Waals surface area contributed by atoms with Crippen molar-refractivity contribution in [2.45, 2.75) is 38.2 Å². The fraction of sp³-hybridized carbons (Fsp3) is 0.650. The number of para-hydroxylation sites is 1. The van der Waals surface area contributed by atoms with Gasteiger partial charge in [-0.15, -0.1) is 0 Å². The van der Waals surface area contributed by atoms with Gasteiger partial charge in [0.15, 0.2) is 15.8 Å². The first-order chi connectivity index (χ1) is 13.1. The fourth-order valence-electron chi connectivity index (χ4n) is 4.20. The first kappa shape index (κ1) is 18.7. The van der Waals surface area contributed by atoms with Crippen LogP contribution in [0.4, 0.5) is 5.69 Å². The van der Waals surface area contributed by atoms with Crippen LogP contribution >= 0.6 is 0 Å². The van der Waals surface area contributed by atoms with Gasteiger partial charge in [-0.05, 0) is 49.7 Å². The van der Waals surface area contributed by atoms with Crippen LogP contribution in [0.15, 0.2) is 29.3 Å². The SMILES string of the molecule is O=S1(=O)CCC(CN=C(NCC2CCCCO2)N2CCc3ccccc32)C1. The van der Waals surface area contributed by atoms with E-state index in [1.54, 1.807) is 0 Å². The molecule has 2 unspecified atom stereocenters. The van der Waals surface area contributed by atoms with E-state index in [0.29, 0.717) is 12.3 Å². The first-order valence-corrected chi connectivity index (χ1v) is 11.9. The maximum atomic E-state index is 11.7. The zero-order chi connectivity index (χ0) is 18.7. The monoisotopic (exact) mass is 391 g/mol. The molecule has 3 aliphatic rings. The molecule has 7 heteroatoms. The third-order valence-corrected chi connectivity index (χ3v) is 7.57. The van der Waals surface area contributed by atoms with Crippen molar-refractivity contribution in [2.24, 2.45) is 10.9 Å². The third kappa shape index (κ3) is 4.63. The lowest BCUT2D eigenvalue weighted by molar-refractivity contribution is 0.0195. The van der Waals surface area contributed by atoms with E-state index in [-0.39, 0.29) is 17.8 Å². The van der Waals surface area contributed by atoms with Crippen LogP contribution in [0, 0.1) is 5.92 Å². The lowest BCUT2D eigenvalue weighted by Gasteiger charge is -2.27. The number of hydrogen-bond donors (Lipinski definition) is 1. The number of nitrogens with one attached hydrogen (secondary N) is 1. The standard InChI is InChI=1S/C20H29N3O3S/c24-27(25)12-9-16(15-27)13-21-20(22-14-18-6-3-4-11-26-18)23-10-8-17-5-1-2-7-19(17)23/h1-2,5,7,16,18H,3-4,6,8-15H2,(H,21,22). The Morgan fingerprint density at radius 3 is 2.93 bits per heavy atom. The van der Waals surface area contributed by atoms with Crippen molar-refractivity contribution in [1.82, 2.24) is 5.32 Å². The molecule has 0 aliphatic carbocycles. The van der Waals surface area contributed by atoms with Crippen molar-refractivity contribution in [3.63, 3.8) is 0 Å². The average Bonchev–Trinajstić information content (AvgIpc) is 3.26. The van der Waals surface area contributed by atoms with Gasteiger partial charge in [0, 0.05) is 31.9 Å². The molecule has 0 saturated carbocycles. The second-order valence-electron chi connectivity index (χ2n) is 7.83. The smallest absolute Gasteiger partial charge is 0.198 e. The minimum Gasteiger partial charge on any atom is -0.376 e. The van der Waals surface area contributed by atoms with Gasteiger partial charge in [-0.1, -0.05) is 18.2 Å². The fourth-order valence-corrected chi connectivity index (χ4v) is 6.05. The summed E-state index contributed by atoms with van der Waals surface area (Å²) in [4.78, 5) is 7.09. The minimum absolute atomic E-state index is 0.135. The van der Waals surface area contributed by atoms with Crippen molar-refractivity contribution >= 4 is 21.5 Å². The number of anilines is 1. The van der Waals surface area contributed by atoms with E-state index in [4.69, 9.17) is 9.73 Å². The Balaban J connectivity index is 1.47. The number of nitrogens with zero attached hydrogens (tertiary/aromatic N) is 2. The molecular formula is C20H29N3O3S. The van der Waals surface area contributed by atoms with E-state index in [1.807, 2.05) is 0 Å². The van der Waals surface area contributed by atoms with E-state index in [0.717, 1.165) is 51.3 Å². The quantitative estimate of drug-likeness (QED) is 0.628. The van der Waals surface area contributed by atoms with Crippen LogP contribution in [0.3, 0.4) is 0 Å². The number of guanidine groups is 1. The summed E-state index contributed by atoms with van der Waals surface area (Å²) in [6.45, 7) is 3.05. The molecule has 3 heterocycles. The predicted octanol–water partition coefficient (Wildman–Crippen LogP) is 2.00. The molecule has 0 bridgehead atoms. The highest BCUT2D eigenvalue weighted by Gasteiger charge is 2.29. The van der Waals surface area contributed by atoms with Crippen molar-refractivity contribution in [2.75, 3.05) is 42.6 Å². The van der Waals surface area contributed by atoms with Crippen molar-refractivity contribution in [3.8, 4) is 0 Å². The Labute approximate surface area is 161 Å². The molecule has 27 heavy (non-hydrogen) atoms. The lowest BCUT2D eigenvalue weighted by atomic mass is 10.1. The summed E-state index contributed by atoms with van der Waals surface area (Å²) >= 11 is 0. The summed E-state index contributed by atoms with van der Waals surface area (Å²) in [6, 6.07) is 8.44. The van der Waals surface area contributed by atoms with Gasteiger partial charge in [-0.2, -0.15) is 0 Å². The van der Waals surface area contributed by atoms with Crippen LogP contribution in [0.5, 0.6) is 0 Å². The van der Waals surface area contributed by atoms with Crippen LogP contribution in [0.1, 0.15) is 31.2 Å². The van der Waals surface area contributed by atoms with E-state index in [1.165, 1.54) is 17.7 Å². The highest BCUT2D eigenvalue weighted by Crippen LogP contribution is 2.28. The second-order valence-corrected chi connectivity index (χ2v) is 10.1. The van der Waals surface area contributed by atoms with Crippen LogP contribution in [0.25, 0.3) is 0 Å². The van der Waals surface area contributed by atoms with E-state index in [9.17, 15) is 8.42 Å². The number of ether oxygens (including phenoxy) is 1. The second kappa shape index (κ2) is 8.19. The molecule has 1 aromatic carbocycles. The van der Waals surface area contributed by atoms with E-state index >= 15 is 0 Å².